The second-order valence-electron chi connectivity index (χ2n) is 3.91. The summed E-state index contributed by atoms with van der Waals surface area (Å²) in [6, 6.07) is 0. The van der Waals surface area contributed by atoms with Crippen molar-refractivity contribution in [2.45, 2.75) is 52.4 Å². The molecule has 1 fully saturated rings. The van der Waals surface area contributed by atoms with E-state index in [1.54, 1.807) is 0 Å². The van der Waals surface area contributed by atoms with Crippen LogP contribution in [0.4, 0.5) is 0 Å². The van der Waals surface area contributed by atoms with E-state index in [1.807, 2.05) is 0 Å². The van der Waals surface area contributed by atoms with E-state index in [1.165, 1.54) is 38.5 Å². The maximum absolute atomic E-state index is 6.00. The van der Waals surface area contributed by atoms with Gasteiger partial charge < -0.3 is 0 Å². The number of hydrogen-bond acceptors (Lipinski definition) is 2. The molecule has 0 heterocycles. The Morgan fingerprint density at radius 2 is 1.58 bits per heavy atom. The van der Waals surface area contributed by atoms with Gasteiger partial charge in [-0.1, -0.05) is 52.4 Å². The summed E-state index contributed by atoms with van der Waals surface area (Å²) in [7, 11) is 0. The van der Waals surface area contributed by atoms with Gasteiger partial charge in [0.15, 0.2) is 0 Å². The van der Waals surface area contributed by atoms with Gasteiger partial charge in [-0.3, -0.25) is 10.5 Å². The Kier molecular flexibility index (Phi) is 7.51. The highest BCUT2D eigenvalue weighted by Gasteiger charge is 2.16. The number of rotatable bonds is 2. The van der Waals surface area contributed by atoms with Crippen molar-refractivity contribution in [2.24, 2.45) is 11.8 Å². The van der Waals surface area contributed by atoms with E-state index < -0.39 is 0 Å². The fraction of sp³-hybridized carbons (Fsp3) is 1.00. The highest BCUT2D eigenvalue weighted by Crippen LogP contribution is 2.30. The van der Waals surface area contributed by atoms with Crippen molar-refractivity contribution < 1.29 is 10.5 Å². The lowest BCUT2D eigenvalue weighted by Gasteiger charge is -2.25. The van der Waals surface area contributed by atoms with Crippen LogP contribution >= 0.6 is 0 Å². The van der Waals surface area contributed by atoms with Gasteiger partial charge in [-0.15, -0.1) is 0 Å². The van der Waals surface area contributed by atoms with Gasteiger partial charge in [-0.2, -0.15) is 0 Å². The molecule has 74 valence electrons. The van der Waals surface area contributed by atoms with Crippen molar-refractivity contribution in [3.8, 4) is 0 Å². The predicted molar refractivity (Wildman–Crippen MR) is 51.3 cm³/mol. The molecule has 2 N–H and O–H groups in total. The van der Waals surface area contributed by atoms with Crippen LogP contribution in [0, 0.1) is 11.8 Å². The van der Waals surface area contributed by atoms with Crippen molar-refractivity contribution in [1.29, 1.82) is 0 Å². The molecule has 0 aromatic heterocycles. The van der Waals surface area contributed by atoms with Crippen molar-refractivity contribution in [1.82, 2.24) is 0 Å². The minimum Gasteiger partial charge on any atom is -0.255 e. The Morgan fingerprint density at radius 1 is 1.08 bits per heavy atom. The van der Waals surface area contributed by atoms with Crippen LogP contribution in [0.3, 0.4) is 0 Å². The minimum absolute atomic E-state index is 1.02. The molecule has 1 rings (SSSR count). The molecule has 0 aliphatic heterocycles. The Bertz CT molecular complexity index is 85.8. The zero-order valence-corrected chi connectivity index (χ0v) is 8.29. The Labute approximate surface area is 75.5 Å². The molecule has 0 aromatic carbocycles. The van der Waals surface area contributed by atoms with E-state index >= 15 is 0 Å². The smallest absolute Gasteiger partial charge is 0.0414 e. The van der Waals surface area contributed by atoms with Crippen molar-refractivity contribution in [2.75, 3.05) is 0 Å². The first-order valence-electron chi connectivity index (χ1n) is 5.03. The molecular weight excluding hydrogens is 152 g/mol. The second kappa shape index (κ2) is 7.56. The highest BCUT2D eigenvalue weighted by molar-refractivity contribution is 4.69. The lowest BCUT2D eigenvalue weighted by Crippen LogP contribution is -2.11. The molecule has 2 heteroatoms. The highest BCUT2D eigenvalue weighted by atomic mass is 17.0. The molecule has 0 spiro atoms. The molecule has 0 aromatic rings. The van der Waals surface area contributed by atoms with Crippen LogP contribution in [0.2, 0.25) is 0 Å². The fourth-order valence-electron chi connectivity index (χ4n) is 2.03. The van der Waals surface area contributed by atoms with E-state index in [4.69, 9.17) is 10.5 Å². The largest absolute Gasteiger partial charge is 0.255 e. The third kappa shape index (κ3) is 4.73. The fourth-order valence-corrected chi connectivity index (χ4v) is 2.03. The summed E-state index contributed by atoms with van der Waals surface area (Å²) in [6.45, 7) is 4.69. The zero-order valence-electron chi connectivity index (χ0n) is 8.29. The van der Waals surface area contributed by atoms with Gasteiger partial charge in [0.1, 0.15) is 0 Å². The summed E-state index contributed by atoms with van der Waals surface area (Å²) >= 11 is 0. The SMILES string of the molecule is CCCC1CCC(C)CC1.OO. The standard InChI is InChI=1S/C10H20.H2O2/c1-3-4-10-7-5-9(2)6-8-10;1-2/h9-10H,3-8H2,1-2H3;1-2H. The van der Waals surface area contributed by atoms with Crippen LogP contribution in [0.15, 0.2) is 0 Å². The van der Waals surface area contributed by atoms with Crippen LogP contribution in [-0.2, 0) is 0 Å². The average molecular weight is 174 g/mol. The molecule has 0 amide bonds. The summed E-state index contributed by atoms with van der Waals surface area (Å²) in [5.41, 5.74) is 0. The molecule has 12 heavy (non-hydrogen) atoms. The molecule has 1 aliphatic rings. The van der Waals surface area contributed by atoms with Crippen molar-refractivity contribution in [3.05, 3.63) is 0 Å². The molecule has 2 nitrogen and oxygen atoms in total. The lowest BCUT2D eigenvalue weighted by molar-refractivity contribution is -0.176. The zero-order chi connectivity index (χ0) is 9.40. The van der Waals surface area contributed by atoms with Crippen LogP contribution < -0.4 is 0 Å². The summed E-state index contributed by atoms with van der Waals surface area (Å²) < 4.78 is 0. The van der Waals surface area contributed by atoms with Crippen molar-refractivity contribution in [3.63, 3.8) is 0 Å². The first-order valence-corrected chi connectivity index (χ1v) is 5.03. The molecule has 0 saturated heterocycles. The van der Waals surface area contributed by atoms with Gasteiger partial charge in [0, 0.05) is 0 Å². The van der Waals surface area contributed by atoms with Gasteiger partial charge in [-0.05, 0) is 11.8 Å². The molecule has 1 aliphatic carbocycles. The van der Waals surface area contributed by atoms with Gasteiger partial charge >= 0.3 is 0 Å². The Hall–Kier alpha value is -0.0800. The van der Waals surface area contributed by atoms with Gasteiger partial charge in [-0.25, -0.2) is 0 Å². The van der Waals surface area contributed by atoms with E-state index in [-0.39, 0.29) is 0 Å². The maximum Gasteiger partial charge on any atom is -0.0414 e. The lowest BCUT2D eigenvalue weighted by atomic mass is 9.81. The molecular formula is C10H22O2. The van der Waals surface area contributed by atoms with E-state index in [2.05, 4.69) is 13.8 Å². The molecule has 0 radical (unpaired) electrons. The third-order valence-electron chi connectivity index (χ3n) is 2.83. The molecule has 0 atom stereocenters. The summed E-state index contributed by atoms with van der Waals surface area (Å²) in [5, 5.41) is 12.0. The normalized spacial score (nSPS) is 29.0. The van der Waals surface area contributed by atoms with E-state index in [9.17, 15) is 0 Å². The summed E-state index contributed by atoms with van der Waals surface area (Å²) in [5.74, 6) is 2.11. The topological polar surface area (TPSA) is 40.5 Å². The van der Waals surface area contributed by atoms with Crippen LogP contribution in [0.1, 0.15) is 52.4 Å². The first-order chi connectivity index (χ1) is 5.83. The Morgan fingerprint density at radius 3 is 2.00 bits per heavy atom. The predicted octanol–water partition coefficient (Wildman–Crippen LogP) is 3.63. The molecule has 1 saturated carbocycles. The van der Waals surface area contributed by atoms with Crippen LogP contribution in [0.25, 0.3) is 0 Å². The molecule has 0 bridgehead atoms. The number of hydrogen-bond donors (Lipinski definition) is 2. The summed E-state index contributed by atoms with van der Waals surface area (Å²) in [4.78, 5) is 0. The van der Waals surface area contributed by atoms with E-state index in [0.717, 1.165) is 11.8 Å². The van der Waals surface area contributed by atoms with Crippen molar-refractivity contribution >= 4 is 0 Å². The minimum atomic E-state index is 1.02. The van der Waals surface area contributed by atoms with E-state index in [0.29, 0.717) is 0 Å². The van der Waals surface area contributed by atoms with Gasteiger partial charge in [0.25, 0.3) is 0 Å². The summed E-state index contributed by atoms with van der Waals surface area (Å²) in [6.07, 6.45) is 8.87. The van der Waals surface area contributed by atoms with Gasteiger partial charge in [0.2, 0.25) is 0 Å². The Balaban J connectivity index is 0.000000561. The van der Waals surface area contributed by atoms with Crippen LogP contribution in [0.5, 0.6) is 0 Å². The third-order valence-corrected chi connectivity index (χ3v) is 2.83. The average Bonchev–Trinajstić information content (AvgIpc) is 2.13. The molecule has 0 unspecified atom stereocenters. The first kappa shape index (κ1) is 11.9. The van der Waals surface area contributed by atoms with Crippen LogP contribution in [-0.4, -0.2) is 10.5 Å². The van der Waals surface area contributed by atoms with Gasteiger partial charge in [0.05, 0.1) is 0 Å². The quantitative estimate of drug-likeness (QED) is 0.495. The second-order valence-corrected chi connectivity index (χ2v) is 3.91. The maximum atomic E-state index is 6.00. The monoisotopic (exact) mass is 174 g/mol.